The number of carbonyl (C=O) groups excluding carboxylic acids is 1. The van der Waals surface area contributed by atoms with Crippen LogP contribution >= 0.6 is 11.3 Å². The molecular formula is C21H19N3O2S. The molecule has 6 heteroatoms. The van der Waals surface area contributed by atoms with Crippen LogP contribution in [0, 0.1) is 11.3 Å². The summed E-state index contributed by atoms with van der Waals surface area (Å²) < 4.78 is 6.79. The monoisotopic (exact) mass is 377 g/mol. The number of amides is 1. The van der Waals surface area contributed by atoms with Gasteiger partial charge in [0.2, 0.25) is 0 Å². The fourth-order valence-electron chi connectivity index (χ4n) is 3.36. The Labute approximate surface area is 161 Å². The molecule has 1 saturated heterocycles. The summed E-state index contributed by atoms with van der Waals surface area (Å²) in [5.41, 5.74) is 1.55. The van der Waals surface area contributed by atoms with E-state index in [1.54, 1.807) is 35.6 Å². The lowest BCUT2D eigenvalue weighted by Gasteiger charge is -2.31. The molecule has 0 N–H and O–H groups in total. The predicted molar refractivity (Wildman–Crippen MR) is 105 cm³/mol. The molecule has 1 aromatic heterocycles. The lowest BCUT2D eigenvalue weighted by Crippen LogP contribution is -2.41. The highest BCUT2D eigenvalue weighted by atomic mass is 32.1. The molecule has 0 unspecified atom stereocenters. The summed E-state index contributed by atoms with van der Waals surface area (Å²) >= 11 is 1.72. The average Bonchev–Trinajstić information content (AvgIpc) is 3.16. The van der Waals surface area contributed by atoms with Crippen LogP contribution in [0.2, 0.25) is 0 Å². The van der Waals surface area contributed by atoms with Crippen molar-refractivity contribution in [2.45, 2.75) is 18.8 Å². The summed E-state index contributed by atoms with van der Waals surface area (Å²) in [6, 6.07) is 17.1. The molecule has 136 valence electrons. The maximum atomic E-state index is 12.6. The highest BCUT2D eigenvalue weighted by molar-refractivity contribution is 7.18. The van der Waals surface area contributed by atoms with Crippen LogP contribution in [0.5, 0.6) is 5.75 Å². The van der Waals surface area contributed by atoms with E-state index < -0.39 is 0 Å². The standard InChI is InChI=1S/C21H19N3O2S/c22-12-15-5-3-7-17(11-15)26-14-20(25)24-10-4-6-16(13-24)21-23-18-8-1-2-9-19(18)27-21/h1-3,5,7-9,11,16H,4,6,10,13-14H2/t16-/m0/s1. The van der Waals surface area contributed by atoms with E-state index in [1.807, 2.05) is 23.1 Å². The number of benzene rings is 2. The number of para-hydroxylation sites is 1. The zero-order valence-corrected chi connectivity index (χ0v) is 15.6. The lowest BCUT2D eigenvalue weighted by molar-refractivity contribution is -0.134. The first-order valence-corrected chi connectivity index (χ1v) is 9.81. The van der Waals surface area contributed by atoms with Gasteiger partial charge in [-0.2, -0.15) is 5.26 Å². The van der Waals surface area contributed by atoms with E-state index in [-0.39, 0.29) is 18.4 Å². The molecule has 1 amide bonds. The largest absolute Gasteiger partial charge is 0.484 e. The number of nitriles is 1. The maximum absolute atomic E-state index is 12.6. The van der Waals surface area contributed by atoms with E-state index in [1.165, 1.54) is 4.70 Å². The average molecular weight is 377 g/mol. The quantitative estimate of drug-likeness (QED) is 0.690. The van der Waals surface area contributed by atoms with Gasteiger partial charge in [-0.05, 0) is 43.2 Å². The number of ether oxygens (including phenoxy) is 1. The first-order chi connectivity index (χ1) is 13.2. The minimum atomic E-state index is -0.0248. The Morgan fingerprint density at radius 3 is 3.04 bits per heavy atom. The van der Waals surface area contributed by atoms with Crippen molar-refractivity contribution in [3.63, 3.8) is 0 Å². The van der Waals surface area contributed by atoms with Crippen molar-refractivity contribution in [3.05, 3.63) is 59.1 Å². The van der Waals surface area contributed by atoms with Crippen LogP contribution in [0.3, 0.4) is 0 Å². The summed E-state index contributed by atoms with van der Waals surface area (Å²) in [5, 5.41) is 10.1. The van der Waals surface area contributed by atoms with E-state index in [4.69, 9.17) is 15.0 Å². The van der Waals surface area contributed by atoms with Gasteiger partial charge in [-0.1, -0.05) is 18.2 Å². The Morgan fingerprint density at radius 2 is 2.19 bits per heavy atom. The van der Waals surface area contributed by atoms with Crippen LogP contribution in [0.25, 0.3) is 10.2 Å². The Hall–Kier alpha value is -2.91. The zero-order chi connectivity index (χ0) is 18.6. The van der Waals surface area contributed by atoms with Crippen LogP contribution < -0.4 is 4.74 Å². The number of nitrogens with zero attached hydrogens (tertiary/aromatic N) is 3. The predicted octanol–water partition coefficient (Wildman–Crippen LogP) is 3.95. The molecule has 0 aliphatic carbocycles. The van der Waals surface area contributed by atoms with Gasteiger partial charge in [0.05, 0.1) is 26.9 Å². The smallest absolute Gasteiger partial charge is 0.260 e. The van der Waals surface area contributed by atoms with Gasteiger partial charge in [0.1, 0.15) is 5.75 Å². The molecule has 1 fully saturated rings. The van der Waals surface area contributed by atoms with Crippen molar-refractivity contribution in [1.29, 1.82) is 5.26 Å². The van der Waals surface area contributed by atoms with Gasteiger partial charge in [0.25, 0.3) is 5.91 Å². The number of rotatable bonds is 4. The molecule has 27 heavy (non-hydrogen) atoms. The normalized spacial score (nSPS) is 16.9. The van der Waals surface area contributed by atoms with Crippen LogP contribution in [0.15, 0.2) is 48.5 Å². The SMILES string of the molecule is N#Cc1cccc(OCC(=O)N2CCC[C@H](c3nc4ccccc4s3)C2)c1. The number of aromatic nitrogens is 1. The second-order valence-electron chi connectivity index (χ2n) is 6.63. The van der Waals surface area contributed by atoms with Gasteiger partial charge in [-0.15, -0.1) is 11.3 Å². The summed E-state index contributed by atoms with van der Waals surface area (Å²) in [4.78, 5) is 19.2. The van der Waals surface area contributed by atoms with Crippen molar-refractivity contribution in [2.24, 2.45) is 0 Å². The summed E-state index contributed by atoms with van der Waals surface area (Å²) in [6.45, 7) is 1.42. The molecule has 1 aliphatic rings. The Kier molecular flexibility index (Phi) is 5.03. The number of carbonyl (C=O) groups is 1. The van der Waals surface area contributed by atoms with Crippen molar-refractivity contribution in [3.8, 4) is 11.8 Å². The number of fused-ring (bicyclic) bond motifs is 1. The zero-order valence-electron chi connectivity index (χ0n) is 14.8. The van der Waals surface area contributed by atoms with Gasteiger partial charge >= 0.3 is 0 Å². The molecule has 0 radical (unpaired) electrons. The van der Waals surface area contributed by atoms with Crippen LogP contribution in [-0.4, -0.2) is 35.5 Å². The topological polar surface area (TPSA) is 66.2 Å². The van der Waals surface area contributed by atoms with Crippen molar-refractivity contribution in [1.82, 2.24) is 9.88 Å². The number of likely N-dealkylation sites (tertiary alicyclic amines) is 1. The maximum Gasteiger partial charge on any atom is 0.260 e. The first-order valence-electron chi connectivity index (χ1n) is 8.99. The van der Waals surface area contributed by atoms with Crippen LogP contribution in [0.4, 0.5) is 0 Å². The van der Waals surface area contributed by atoms with E-state index in [0.717, 1.165) is 29.9 Å². The molecule has 4 rings (SSSR count). The second-order valence-corrected chi connectivity index (χ2v) is 7.69. The van der Waals surface area contributed by atoms with Crippen LogP contribution in [0.1, 0.15) is 29.3 Å². The molecule has 0 bridgehead atoms. The highest BCUT2D eigenvalue weighted by Gasteiger charge is 2.27. The van der Waals surface area contributed by atoms with Crippen molar-refractivity contribution in [2.75, 3.05) is 19.7 Å². The first kappa shape index (κ1) is 17.5. The van der Waals surface area contributed by atoms with Gasteiger partial charge in [0, 0.05) is 19.0 Å². The van der Waals surface area contributed by atoms with Gasteiger partial charge in [-0.3, -0.25) is 4.79 Å². The Bertz CT molecular complexity index is 975. The minimum Gasteiger partial charge on any atom is -0.484 e. The van der Waals surface area contributed by atoms with Gasteiger partial charge < -0.3 is 9.64 Å². The van der Waals surface area contributed by atoms with E-state index in [2.05, 4.69) is 12.1 Å². The third-order valence-electron chi connectivity index (χ3n) is 4.76. The molecule has 1 atom stereocenters. The van der Waals surface area contributed by atoms with Crippen LogP contribution in [-0.2, 0) is 4.79 Å². The molecule has 3 aromatic rings. The number of thiazole rings is 1. The minimum absolute atomic E-state index is 0.0125. The molecular weight excluding hydrogens is 358 g/mol. The van der Waals surface area contributed by atoms with Gasteiger partial charge in [-0.25, -0.2) is 4.98 Å². The van der Waals surface area contributed by atoms with E-state index in [0.29, 0.717) is 17.9 Å². The molecule has 5 nitrogen and oxygen atoms in total. The number of hydrogen-bond acceptors (Lipinski definition) is 5. The van der Waals surface area contributed by atoms with Gasteiger partial charge in [0.15, 0.2) is 6.61 Å². The summed E-state index contributed by atoms with van der Waals surface area (Å²) in [6.07, 6.45) is 2.02. The fraction of sp³-hybridized carbons (Fsp3) is 0.286. The van der Waals surface area contributed by atoms with Crippen molar-refractivity contribution >= 4 is 27.5 Å². The summed E-state index contributed by atoms with van der Waals surface area (Å²) in [7, 11) is 0. The second kappa shape index (κ2) is 7.77. The molecule has 2 heterocycles. The van der Waals surface area contributed by atoms with Crippen molar-refractivity contribution < 1.29 is 9.53 Å². The van der Waals surface area contributed by atoms with E-state index >= 15 is 0 Å². The molecule has 0 saturated carbocycles. The number of hydrogen-bond donors (Lipinski definition) is 0. The van der Waals surface area contributed by atoms with E-state index in [9.17, 15) is 4.79 Å². The number of piperidine rings is 1. The molecule has 1 aliphatic heterocycles. The Balaban J connectivity index is 1.40. The Morgan fingerprint density at radius 1 is 1.30 bits per heavy atom. The highest BCUT2D eigenvalue weighted by Crippen LogP contribution is 2.33. The lowest BCUT2D eigenvalue weighted by atomic mass is 9.99. The molecule has 2 aromatic carbocycles. The molecule has 0 spiro atoms. The third kappa shape index (κ3) is 3.93. The third-order valence-corrected chi connectivity index (χ3v) is 5.96. The summed E-state index contributed by atoms with van der Waals surface area (Å²) in [5.74, 6) is 0.798. The fourth-order valence-corrected chi connectivity index (χ4v) is 4.45.